The van der Waals surface area contributed by atoms with Crippen LogP contribution in [0.5, 0.6) is 11.5 Å². The van der Waals surface area contributed by atoms with Crippen LogP contribution in [0.25, 0.3) is 0 Å². The number of amides is 1. The zero-order valence-electron chi connectivity index (χ0n) is 15.2. The van der Waals surface area contributed by atoms with Crippen molar-refractivity contribution in [3.63, 3.8) is 0 Å². The highest BCUT2D eigenvalue weighted by molar-refractivity contribution is 7.89. The number of ether oxygens (including phenoxy) is 2. The molecule has 9 heteroatoms. The van der Waals surface area contributed by atoms with Crippen LogP contribution in [0.2, 0.25) is 0 Å². The Bertz CT molecular complexity index is 702. The van der Waals surface area contributed by atoms with Crippen molar-refractivity contribution in [2.75, 3.05) is 32.8 Å². The lowest BCUT2D eigenvalue weighted by atomic mass is 10.1. The van der Waals surface area contributed by atoms with Crippen LogP contribution in [0.3, 0.4) is 0 Å². The first-order valence-corrected chi connectivity index (χ1v) is 10.3. The summed E-state index contributed by atoms with van der Waals surface area (Å²) in [5.74, 6) is 0.504. The van der Waals surface area contributed by atoms with Gasteiger partial charge in [0.25, 0.3) is 0 Å². The van der Waals surface area contributed by atoms with Gasteiger partial charge in [-0.2, -0.15) is 0 Å². The van der Waals surface area contributed by atoms with E-state index in [4.69, 9.17) is 9.47 Å². The second-order valence-electron chi connectivity index (χ2n) is 5.89. The number of carbonyl (C=O) groups is 1. The van der Waals surface area contributed by atoms with Crippen LogP contribution in [0.1, 0.15) is 26.7 Å². The minimum absolute atomic E-state index is 0.0269. The van der Waals surface area contributed by atoms with Gasteiger partial charge >= 0.3 is 0 Å². The largest absolute Gasteiger partial charge is 0.490 e. The SMILES string of the molecule is CCOc1ccc(S(=O)(=O)NCC(=O)NC2CCNCC2)cc1OCC. The molecule has 1 amide bonds. The molecule has 1 aliphatic rings. The molecule has 0 unspecified atom stereocenters. The fraction of sp³-hybridized carbons (Fsp3) is 0.588. The molecule has 0 saturated carbocycles. The molecule has 146 valence electrons. The van der Waals surface area contributed by atoms with E-state index in [1.165, 1.54) is 12.1 Å². The number of piperidine rings is 1. The monoisotopic (exact) mass is 385 g/mol. The van der Waals surface area contributed by atoms with Crippen molar-refractivity contribution in [1.29, 1.82) is 0 Å². The Morgan fingerprint density at radius 2 is 1.81 bits per heavy atom. The summed E-state index contributed by atoms with van der Waals surface area (Å²) in [4.78, 5) is 12.0. The third-order valence-corrected chi connectivity index (χ3v) is 5.35. The topological polar surface area (TPSA) is 106 Å². The van der Waals surface area contributed by atoms with Crippen molar-refractivity contribution < 1.29 is 22.7 Å². The van der Waals surface area contributed by atoms with Gasteiger partial charge in [0.05, 0.1) is 24.7 Å². The first-order valence-electron chi connectivity index (χ1n) is 8.85. The number of benzene rings is 1. The maximum atomic E-state index is 12.5. The third kappa shape index (κ3) is 5.86. The molecular formula is C17H27N3O5S. The summed E-state index contributed by atoms with van der Waals surface area (Å²) in [7, 11) is -3.83. The van der Waals surface area contributed by atoms with E-state index >= 15 is 0 Å². The zero-order valence-corrected chi connectivity index (χ0v) is 16.0. The molecule has 1 saturated heterocycles. The second-order valence-corrected chi connectivity index (χ2v) is 7.66. The molecular weight excluding hydrogens is 358 g/mol. The maximum absolute atomic E-state index is 12.5. The quantitative estimate of drug-likeness (QED) is 0.576. The Morgan fingerprint density at radius 1 is 1.15 bits per heavy atom. The average Bonchev–Trinajstić information content (AvgIpc) is 2.63. The van der Waals surface area contributed by atoms with Crippen molar-refractivity contribution in [3.8, 4) is 11.5 Å². The summed E-state index contributed by atoms with van der Waals surface area (Å²) in [6, 6.07) is 4.48. The number of nitrogens with one attached hydrogen (secondary N) is 3. The van der Waals surface area contributed by atoms with Gasteiger partial charge in [0.15, 0.2) is 11.5 Å². The summed E-state index contributed by atoms with van der Waals surface area (Å²) in [5, 5.41) is 6.06. The number of sulfonamides is 1. The lowest BCUT2D eigenvalue weighted by Crippen LogP contribution is -2.46. The zero-order chi connectivity index (χ0) is 19.0. The first-order chi connectivity index (χ1) is 12.5. The minimum atomic E-state index is -3.83. The molecule has 1 heterocycles. The molecule has 0 radical (unpaired) electrons. The highest BCUT2D eigenvalue weighted by atomic mass is 32.2. The molecule has 0 spiro atoms. The summed E-state index contributed by atoms with van der Waals surface area (Å²) in [6.07, 6.45) is 1.68. The van der Waals surface area contributed by atoms with Crippen molar-refractivity contribution in [3.05, 3.63) is 18.2 Å². The molecule has 0 aromatic heterocycles. The number of hydrogen-bond acceptors (Lipinski definition) is 6. The Morgan fingerprint density at radius 3 is 2.46 bits per heavy atom. The molecule has 1 aromatic rings. The standard InChI is InChI=1S/C17H27N3O5S/c1-3-24-15-6-5-14(11-16(15)25-4-2)26(22,23)19-12-17(21)20-13-7-9-18-10-8-13/h5-6,11,13,18-19H,3-4,7-10,12H2,1-2H3,(H,20,21). The van der Waals surface area contributed by atoms with Gasteiger partial charge in [-0.05, 0) is 51.9 Å². The fourth-order valence-corrected chi connectivity index (χ4v) is 3.68. The van der Waals surface area contributed by atoms with E-state index in [-0.39, 0.29) is 23.4 Å². The van der Waals surface area contributed by atoms with Crippen molar-refractivity contribution in [1.82, 2.24) is 15.4 Å². The molecule has 1 fully saturated rings. The second kappa shape index (κ2) is 9.75. The molecule has 8 nitrogen and oxygen atoms in total. The molecule has 26 heavy (non-hydrogen) atoms. The summed E-state index contributed by atoms with van der Waals surface area (Å²) < 4.78 is 38.1. The van der Waals surface area contributed by atoms with Crippen LogP contribution >= 0.6 is 0 Å². The van der Waals surface area contributed by atoms with Gasteiger partial charge in [-0.1, -0.05) is 0 Å². The average molecular weight is 385 g/mol. The number of hydrogen-bond donors (Lipinski definition) is 3. The summed E-state index contributed by atoms with van der Waals surface area (Å²) in [5.41, 5.74) is 0. The van der Waals surface area contributed by atoms with Crippen LogP contribution in [-0.4, -0.2) is 53.2 Å². The van der Waals surface area contributed by atoms with Gasteiger partial charge in [0.1, 0.15) is 0 Å². The third-order valence-electron chi connectivity index (χ3n) is 3.95. The van der Waals surface area contributed by atoms with Crippen LogP contribution in [-0.2, 0) is 14.8 Å². The van der Waals surface area contributed by atoms with Crippen molar-refractivity contribution >= 4 is 15.9 Å². The normalized spacial score (nSPS) is 15.5. The Hall–Kier alpha value is -1.84. The van der Waals surface area contributed by atoms with Gasteiger partial charge in [0.2, 0.25) is 15.9 Å². The molecule has 1 aliphatic heterocycles. The lowest BCUT2D eigenvalue weighted by Gasteiger charge is -2.23. The minimum Gasteiger partial charge on any atom is -0.490 e. The van der Waals surface area contributed by atoms with Gasteiger partial charge in [-0.15, -0.1) is 0 Å². The van der Waals surface area contributed by atoms with Gasteiger partial charge < -0.3 is 20.1 Å². The summed E-state index contributed by atoms with van der Waals surface area (Å²) in [6.45, 7) is 5.87. The fourth-order valence-electron chi connectivity index (χ4n) is 2.69. The smallest absolute Gasteiger partial charge is 0.241 e. The van der Waals surface area contributed by atoms with E-state index in [1.807, 2.05) is 6.92 Å². The van der Waals surface area contributed by atoms with E-state index in [0.29, 0.717) is 24.7 Å². The van der Waals surface area contributed by atoms with E-state index in [9.17, 15) is 13.2 Å². The number of rotatable bonds is 9. The Labute approximate surface area is 154 Å². The van der Waals surface area contributed by atoms with Gasteiger partial charge in [-0.25, -0.2) is 13.1 Å². The van der Waals surface area contributed by atoms with E-state index in [1.54, 1.807) is 13.0 Å². The molecule has 0 atom stereocenters. The number of carbonyl (C=O) groups excluding carboxylic acids is 1. The predicted molar refractivity (Wildman–Crippen MR) is 98.0 cm³/mol. The van der Waals surface area contributed by atoms with Crippen LogP contribution in [0, 0.1) is 0 Å². The van der Waals surface area contributed by atoms with Gasteiger partial charge in [-0.3, -0.25) is 4.79 Å². The van der Waals surface area contributed by atoms with Crippen LogP contribution < -0.4 is 24.8 Å². The molecule has 2 rings (SSSR count). The van der Waals surface area contributed by atoms with E-state index < -0.39 is 10.0 Å². The predicted octanol–water partition coefficient (Wildman–Crippen LogP) is 0.631. The molecule has 0 aliphatic carbocycles. The maximum Gasteiger partial charge on any atom is 0.241 e. The molecule has 3 N–H and O–H groups in total. The van der Waals surface area contributed by atoms with Gasteiger partial charge in [0, 0.05) is 12.1 Å². The van der Waals surface area contributed by atoms with Crippen molar-refractivity contribution in [2.45, 2.75) is 37.6 Å². The van der Waals surface area contributed by atoms with E-state index in [2.05, 4.69) is 15.4 Å². The summed E-state index contributed by atoms with van der Waals surface area (Å²) >= 11 is 0. The van der Waals surface area contributed by atoms with Crippen LogP contribution in [0.4, 0.5) is 0 Å². The Kier molecular flexibility index (Phi) is 7.67. The highest BCUT2D eigenvalue weighted by Gasteiger charge is 2.20. The highest BCUT2D eigenvalue weighted by Crippen LogP contribution is 2.30. The van der Waals surface area contributed by atoms with Crippen molar-refractivity contribution in [2.24, 2.45) is 0 Å². The molecule has 0 bridgehead atoms. The molecule has 1 aromatic carbocycles. The van der Waals surface area contributed by atoms with Crippen LogP contribution in [0.15, 0.2) is 23.1 Å². The van der Waals surface area contributed by atoms with E-state index in [0.717, 1.165) is 25.9 Å². The lowest BCUT2D eigenvalue weighted by molar-refractivity contribution is -0.120. The Balaban J connectivity index is 1.99. The first kappa shape index (κ1) is 20.5.